The standard InChI is InChI=1S/C20H33N3O2.HI/c1-5-21-20(22-10-7-12-24-6-2)23-11-13-25-19(15-23)18-9-8-16(3)14-17(18)4;/h8-9,14,19H,5-7,10-13,15H2,1-4H3,(H,21,22);1H. The minimum Gasteiger partial charge on any atom is -0.382 e. The van der Waals surface area contributed by atoms with Crippen LogP contribution in [0.3, 0.4) is 0 Å². The lowest BCUT2D eigenvalue weighted by molar-refractivity contribution is -0.00834. The van der Waals surface area contributed by atoms with Crippen LogP contribution in [-0.2, 0) is 9.47 Å². The van der Waals surface area contributed by atoms with E-state index in [9.17, 15) is 0 Å². The molecule has 1 aromatic carbocycles. The number of nitrogens with one attached hydrogen (secondary N) is 1. The Bertz CT molecular complexity index is 566. The highest BCUT2D eigenvalue weighted by Crippen LogP contribution is 2.25. The van der Waals surface area contributed by atoms with Gasteiger partial charge in [0.1, 0.15) is 6.10 Å². The average molecular weight is 475 g/mol. The molecule has 0 aromatic heterocycles. The van der Waals surface area contributed by atoms with Crippen molar-refractivity contribution < 1.29 is 9.47 Å². The summed E-state index contributed by atoms with van der Waals surface area (Å²) >= 11 is 0. The predicted octanol–water partition coefficient (Wildman–Crippen LogP) is 3.69. The summed E-state index contributed by atoms with van der Waals surface area (Å²) in [5.41, 5.74) is 3.87. The molecule has 0 spiro atoms. The van der Waals surface area contributed by atoms with E-state index in [1.807, 2.05) is 6.92 Å². The maximum absolute atomic E-state index is 6.06. The quantitative estimate of drug-likeness (QED) is 0.283. The van der Waals surface area contributed by atoms with Crippen LogP contribution in [0.5, 0.6) is 0 Å². The summed E-state index contributed by atoms with van der Waals surface area (Å²) in [6.07, 6.45) is 1.05. The number of rotatable bonds is 7. The fourth-order valence-corrected chi connectivity index (χ4v) is 3.14. The van der Waals surface area contributed by atoms with Crippen LogP contribution < -0.4 is 5.32 Å². The SMILES string of the molecule is CCNC(=NCCCOCC)N1CCOC(c2ccc(C)cc2C)C1.I. The Labute approximate surface area is 175 Å². The monoisotopic (exact) mass is 475 g/mol. The van der Waals surface area contributed by atoms with Crippen molar-refractivity contribution >= 4 is 29.9 Å². The van der Waals surface area contributed by atoms with Gasteiger partial charge in [0.2, 0.25) is 0 Å². The Balaban J connectivity index is 0.00000338. The highest BCUT2D eigenvalue weighted by Gasteiger charge is 2.25. The summed E-state index contributed by atoms with van der Waals surface area (Å²) in [6, 6.07) is 6.59. The third-order valence-electron chi connectivity index (χ3n) is 4.39. The zero-order valence-corrected chi connectivity index (χ0v) is 18.9. The molecule has 148 valence electrons. The largest absolute Gasteiger partial charge is 0.382 e. The fourth-order valence-electron chi connectivity index (χ4n) is 3.14. The number of hydrogen-bond donors (Lipinski definition) is 1. The molecule has 1 aliphatic rings. The Morgan fingerprint density at radius 3 is 2.85 bits per heavy atom. The van der Waals surface area contributed by atoms with E-state index >= 15 is 0 Å². The number of nitrogens with zero attached hydrogens (tertiary/aromatic N) is 2. The smallest absolute Gasteiger partial charge is 0.194 e. The number of ether oxygens (including phenoxy) is 2. The Hall–Kier alpha value is -0.860. The van der Waals surface area contributed by atoms with E-state index in [0.717, 1.165) is 58.4 Å². The first-order valence-electron chi connectivity index (χ1n) is 9.45. The van der Waals surface area contributed by atoms with Crippen molar-refractivity contribution in [2.24, 2.45) is 4.99 Å². The summed E-state index contributed by atoms with van der Waals surface area (Å²) in [7, 11) is 0. The number of morpholine rings is 1. The van der Waals surface area contributed by atoms with E-state index in [1.165, 1.54) is 16.7 Å². The summed E-state index contributed by atoms with van der Waals surface area (Å²) in [6.45, 7) is 14.1. The van der Waals surface area contributed by atoms with Gasteiger partial charge in [-0.3, -0.25) is 4.99 Å². The summed E-state index contributed by atoms with van der Waals surface area (Å²) in [4.78, 5) is 7.09. The lowest BCUT2D eigenvalue weighted by Crippen LogP contribution is -2.48. The van der Waals surface area contributed by atoms with Crippen LogP contribution in [0.1, 0.15) is 43.1 Å². The van der Waals surface area contributed by atoms with Crippen LogP contribution in [-0.4, -0.2) is 56.9 Å². The number of aliphatic imine (C=N–C) groups is 1. The molecule has 0 aliphatic carbocycles. The molecule has 1 aliphatic heterocycles. The molecule has 1 heterocycles. The number of guanidine groups is 1. The van der Waals surface area contributed by atoms with Crippen molar-refractivity contribution in [2.75, 3.05) is 46.0 Å². The first-order chi connectivity index (χ1) is 12.2. The summed E-state index contributed by atoms with van der Waals surface area (Å²) < 4.78 is 11.5. The third kappa shape index (κ3) is 7.04. The molecule has 0 bridgehead atoms. The fraction of sp³-hybridized carbons (Fsp3) is 0.650. The highest BCUT2D eigenvalue weighted by atomic mass is 127. The number of hydrogen-bond acceptors (Lipinski definition) is 3. The summed E-state index contributed by atoms with van der Waals surface area (Å²) in [5, 5.41) is 3.42. The number of aryl methyl sites for hydroxylation is 2. The van der Waals surface area contributed by atoms with Gasteiger partial charge in [-0.1, -0.05) is 23.8 Å². The minimum atomic E-state index is 0. The molecular formula is C20H34IN3O2. The van der Waals surface area contributed by atoms with Crippen LogP contribution in [0.2, 0.25) is 0 Å². The zero-order valence-electron chi connectivity index (χ0n) is 16.6. The lowest BCUT2D eigenvalue weighted by atomic mass is 10.00. The molecule has 0 amide bonds. The molecule has 1 atom stereocenters. The van der Waals surface area contributed by atoms with Crippen LogP contribution in [0, 0.1) is 13.8 Å². The second-order valence-electron chi connectivity index (χ2n) is 6.45. The van der Waals surface area contributed by atoms with Gasteiger partial charge in [0, 0.05) is 32.8 Å². The molecule has 6 heteroatoms. The van der Waals surface area contributed by atoms with Gasteiger partial charge in [0.25, 0.3) is 0 Å². The first-order valence-corrected chi connectivity index (χ1v) is 9.45. The molecule has 1 aromatic rings. The highest BCUT2D eigenvalue weighted by molar-refractivity contribution is 14.0. The molecular weight excluding hydrogens is 441 g/mol. The first kappa shape index (κ1) is 23.2. The van der Waals surface area contributed by atoms with Gasteiger partial charge in [0.05, 0.1) is 13.2 Å². The van der Waals surface area contributed by atoms with Crippen molar-refractivity contribution in [2.45, 2.75) is 40.2 Å². The van der Waals surface area contributed by atoms with Crippen LogP contribution in [0.4, 0.5) is 0 Å². The molecule has 1 N–H and O–H groups in total. The van der Waals surface area contributed by atoms with Gasteiger partial charge < -0.3 is 19.7 Å². The molecule has 2 rings (SSSR count). The van der Waals surface area contributed by atoms with Gasteiger partial charge in [-0.15, -0.1) is 24.0 Å². The van der Waals surface area contributed by atoms with E-state index < -0.39 is 0 Å². The van der Waals surface area contributed by atoms with Gasteiger partial charge >= 0.3 is 0 Å². The average Bonchev–Trinajstić information content (AvgIpc) is 2.61. The van der Waals surface area contributed by atoms with E-state index in [4.69, 9.17) is 14.5 Å². The molecule has 0 radical (unpaired) electrons. The molecule has 5 nitrogen and oxygen atoms in total. The van der Waals surface area contributed by atoms with Gasteiger partial charge in [-0.2, -0.15) is 0 Å². The Morgan fingerprint density at radius 1 is 1.35 bits per heavy atom. The van der Waals surface area contributed by atoms with Crippen molar-refractivity contribution in [3.05, 3.63) is 34.9 Å². The van der Waals surface area contributed by atoms with Gasteiger partial charge in [0.15, 0.2) is 5.96 Å². The zero-order chi connectivity index (χ0) is 18.1. The molecule has 1 saturated heterocycles. The predicted molar refractivity (Wildman–Crippen MR) is 119 cm³/mol. The van der Waals surface area contributed by atoms with E-state index in [0.29, 0.717) is 0 Å². The second-order valence-corrected chi connectivity index (χ2v) is 6.45. The van der Waals surface area contributed by atoms with E-state index in [2.05, 4.69) is 49.2 Å². The molecule has 0 saturated carbocycles. The van der Waals surface area contributed by atoms with Crippen molar-refractivity contribution in [1.82, 2.24) is 10.2 Å². The molecule has 26 heavy (non-hydrogen) atoms. The van der Waals surface area contributed by atoms with Gasteiger partial charge in [-0.25, -0.2) is 0 Å². The Morgan fingerprint density at radius 2 is 2.15 bits per heavy atom. The van der Waals surface area contributed by atoms with Crippen LogP contribution in [0.15, 0.2) is 23.2 Å². The third-order valence-corrected chi connectivity index (χ3v) is 4.39. The van der Waals surface area contributed by atoms with Crippen molar-refractivity contribution in [1.29, 1.82) is 0 Å². The normalized spacial score (nSPS) is 17.8. The Kier molecular flexibility index (Phi) is 11.2. The van der Waals surface area contributed by atoms with Gasteiger partial charge in [-0.05, 0) is 45.2 Å². The number of halogens is 1. The lowest BCUT2D eigenvalue weighted by Gasteiger charge is -2.36. The van der Waals surface area contributed by atoms with Crippen molar-refractivity contribution in [3.8, 4) is 0 Å². The van der Waals surface area contributed by atoms with E-state index in [-0.39, 0.29) is 30.1 Å². The second kappa shape index (κ2) is 12.5. The van der Waals surface area contributed by atoms with Crippen LogP contribution >= 0.6 is 24.0 Å². The maximum Gasteiger partial charge on any atom is 0.194 e. The van der Waals surface area contributed by atoms with Crippen LogP contribution in [0.25, 0.3) is 0 Å². The maximum atomic E-state index is 6.06. The minimum absolute atomic E-state index is 0. The number of benzene rings is 1. The molecule has 1 fully saturated rings. The van der Waals surface area contributed by atoms with Crippen molar-refractivity contribution in [3.63, 3.8) is 0 Å². The van der Waals surface area contributed by atoms with E-state index in [1.54, 1.807) is 0 Å². The molecule has 1 unspecified atom stereocenters. The summed E-state index contributed by atoms with van der Waals surface area (Å²) in [5.74, 6) is 0.983. The topological polar surface area (TPSA) is 46.1 Å².